The monoisotopic (exact) mass is 653 g/mol. The van der Waals surface area contributed by atoms with E-state index in [2.05, 4.69) is 5.32 Å². The first kappa shape index (κ1) is 31.2. The van der Waals surface area contributed by atoms with Gasteiger partial charge in [0.15, 0.2) is 11.8 Å². The molecule has 0 spiro atoms. The number of hydrogen-bond acceptors (Lipinski definition) is 11. The number of carbonyl (C=O) groups excluding carboxylic acids is 3. The highest BCUT2D eigenvalue weighted by molar-refractivity contribution is 5.96. The smallest absolute Gasteiger partial charge is 0.327 e. The van der Waals surface area contributed by atoms with E-state index in [1.54, 1.807) is 16.0 Å². The highest BCUT2D eigenvalue weighted by Gasteiger charge is 2.78. The number of hydrogen-bond donors (Lipinski definition) is 3. The Morgan fingerprint density at radius 1 is 1.02 bits per heavy atom. The highest BCUT2D eigenvalue weighted by Crippen LogP contribution is 2.64. The van der Waals surface area contributed by atoms with E-state index in [-0.39, 0.29) is 63.0 Å². The van der Waals surface area contributed by atoms with Crippen molar-refractivity contribution in [3.8, 4) is 0 Å². The number of carbonyl (C=O) groups is 3. The van der Waals surface area contributed by atoms with Crippen LogP contribution in [0.2, 0.25) is 0 Å². The molecule has 7 aliphatic rings. The Kier molecular flexibility index (Phi) is 8.05. The number of esters is 1. The standard InChI is InChI=1S/C34H43N3O10/c38-14-12-35-30(40)24-2-1-13-36(24)32(42)33-18-25-26-27(46-34(45-26,22-7-8-22)23-9-10-23)29(33)47-37(28(33)31(41)44-25)19-21-5-3-20(4-6-21)11-16-43-17-15-39/h3-6,11,16,22-29,38-39H,1-2,7-10,12-15,17-19H2,(H,35,40). The fourth-order valence-electron chi connectivity index (χ4n) is 8.65. The van der Waals surface area contributed by atoms with Crippen LogP contribution in [-0.4, -0.2) is 113 Å². The maximum atomic E-state index is 15.0. The molecule has 2 amide bonds. The van der Waals surface area contributed by atoms with Gasteiger partial charge in [0.05, 0.1) is 26.0 Å². The summed E-state index contributed by atoms with van der Waals surface area (Å²) in [5.41, 5.74) is 0.424. The summed E-state index contributed by atoms with van der Waals surface area (Å²) >= 11 is 0. The van der Waals surface area contributed by atoms with E-state index >= 15 is 4.79 Å². The summed E-state index contributed by atoms with van der Waals surface area (Å²) in [6.07, 6.45) is 6.11. The lowest BCUT2D eigenvalue weighted by atomic mass is 9.62. The van der Waals surface area contributed by atoms with Crippen LogP contribution in [0.3, 0.4) is 0 Å². The van der Waals surface area contributed by atoms with Gasteiger partial charge in [-0.1, -0.05) is 24.3 Å². The maximum absolute atomic E-state index is 15.0. The van der Waals surface area contributed by atoms with Crippen LogP contribution in [0.5, 0.6) is 0 Å². The quantitative estimate of drug-likeness (QED) is 0.167. The van der Waals surface area contributed by atoms with Crippen molar-refractivity contribution in [3.63, 3.8) is 0 Å². The van der Waals surface area contributed by atoms with Crippen LogP contribution in [0.15, 0.2) is 30.5 Å². The number of fused-ring (bicyclic) bond motifs is 4. The minimum atomic E-state index is -1.33. The molecule has 1 aromatic carbocycles. The van der Waals surface area contributed by atoms with Gasteiger partial charge in [-0.25, -0.2) is 0 Å². The van der Waals surface area contributed by atoms with Crippen molar-refractivity contribution in [2.45, 2.75) is 93.8 Å². The number of likely N-dealkylation sites (tertiary alicyclic amines) is 1. The van der Waals surface area contributed by atoms with Crippen molar-refractivity contribution in [3.05, 3.63) is 41.7 Å². The van der Waals surface area contributed by atoms with Gasteiger partial charge >= 0.3 is 5.97 Å². The number of rotatable bonds is 12. The van der Waals surface area contributed by atoms with Crippen LogP contribution in [0.4, 0.5) is 0 Å². The van der Waals surface area contributed by atoms with Gasteiger partial charge < -0.3 is 39.4 Å². The number of aliphatic hydroxyl groups excluding tert-OH is 2. The normalized spacial score (nSPS) is 35.6. The van der Waals surface area contributed by atoms with E-state index in [4.69, 9.17) is 28.9 Å². The summed E-state index contributed by atoms with van der Waals surface area (Å²) in [5.74, 6) is -1.34. The summed E-state index contributed by atoms with van der Waals surface area (Å²) in [7, 11) is 0. The number of benzene rings is 1. The first-order valence-electron chi connectivity index (χ1n) is 17.1. The van der Waals surface area contributed by atoms with Crippen molar-refractivity contribution in [1.29, 1.82) is 0 Å². The summed E-state index contributed by atoms with van der Waals surface area (Å²) in [4.78, 5) is 50.6. The Morgan fingerprint density at radius 3 is 2.47 bits per heavy atom. The SMILES string of the molecule is O=C(NCCO)C1CCCN1C(=O)C12CC3OC(=O)C1N(Cc1ccc(C=COCCO)cc1)OC2C1OC(C2CC2)(C2CC2)OC31. The third-order valence-electron chi connectivity index (χ3n) is 11.0. The molecule has 3 saturated carbocycles. The van der Waals surface area contributed by atoms with Gasteiger partial charge in [0.25, 0.3) is 0 Å². The van der Waals surface area contributed by atoms with Crippen LogP contribution >= 0.6 is 0 Å². The highest BCUT2D eigenvalue weighted by atomic mass is 16.8. The molecule has 7 fully saturated rings. The van der Waals surface area contributed by atoms with E-state index in [0.717, 1.165) is 36.8 Å². The third-order valence-corrected chi connectivity index (χ3v) is 11.0. The lowest BCUT2D eigenvalue weighted by Gasteiger charge is -2.50. The van der Waals surface area contributed by atoms with Crippen LogP contribution in [-0.2, 0) is 44.7 Å². The van der Waals surface area contributed by atoms with Crippen LogP contribution in [0.1, 0.15) is 56.1 Å². The molecule has 1 aromatic rings. The molecular weight excluding hydrogens is 610 g/mol. The van der Waals surface area contributed by atoms with Gasteiger partial charge in [0, 0.05) is 31.3 Å². The molecule has 3 N–H and O–H groups in total. The maximum Gasteiger partial charge on any atom is 0.327 e. The number of nitrogens with one attached hydrogen (secondary N) is 1. The summed E-state index contributed by atoms with van der Waals surface area (Å²) in [5, 5.41) is 22.5. The van der Waals surface area contributed by atoms with E-state index < -0.39 is 53.7 Å². The Labute approximate surface area is 273 Å². The Bertz CT molecular complexity index is 1400. The lowest BCUT2D eigenvalue weighted by molar-refractivity contribution is -0.235. The molecule has 7 unspecified atom stereocenters. The van der Waals surface area contributed by atoms with Gasteiger partial charge in [0.2, 0.25) is 11.8 Å². The zero-order chi connectivity index (χ0) is 32.3. The fraction of sp³-hybridized carbons (Fsp3) is 0.676. The number of hydroxylamine groups is 2. The first-order chi connectivity index (χ1) is 22.9. The number of ether oxygens (including phenoxy) is 4. The molecule has 4 heterocycles. The number of amides is 2. The number of nitrogens with zero attached hydrogens (tertiary/aromatic N) is 2. The van der Waals surface area contributed by atoms with E-state index in [1.165, 1.54) is 6.26 Å². The molecule has 4 saturated heterocycles. The molecular formula is C34H43N3O10. The van der Waals surface area contributed by atoms with Gasteiger partial charge in [-0.3, -0.25) is 19.2 Å². The van der Waals surface area contributed by atoms with E-state index in [1.807, 2.05) is 24.3 Å². The predicted octanol–water partition coefficient (Wildman–Crippen LogP) is 0.866. The Balaban J connectivity index is 1.12. The second-order valence-electron chi connectivity index (χ2n) is 14.0. The molecule has 13 heteroatoms. The zero-order valence-electron chi connectivity index (χ0n) is 26.3. The minimum Gasteiger partial charge on any atom is -0.499 e. The van der Waals surface area contributed by atoms with Gasteiger partial charge in [-0.15, -0.1) is 0 Å². The zero-order valence-corrected chi connectivity index (χ0v) is 26.3. The molecule has 13 nitrogen and oxygen atoms in total. The fourth-order valence-corrected chi connectivity index (χ4v) is 8.65. The summed E-state index contributed by atoms with van der Waals surface area (Å²) < 4.78 is 25.1. The lowest BCUT2D eigenvalue weighted by Crippen LogP contribution is -2.70. The second kappa shape index (κ2) is 12.1. The molecule has 0 aromatic heterocycles. The summed E-state index contributed by atoms with van der Waals surface area (Å²) in [6.45, 7) is 0.651. The van der Waals surface area contributed by atoms with Crippen LogP contribution in [0, 0.1) is 17.3 Å². The third kappa shape index (κ3) is 5.17. The first-order valence-corrected chi connectivity index (χ1v) is 17.1. The van der Waals surface area contributed by atoms with Crippen LogP contribution < -0.4 is 5.32 Å². The second-order valence-corrected chi connectivity index (χ2v) is 14.0. The molecule has 3 aliphatic carbocycles. The van der Waals surface area contributed by atoms with Crippen molar-refractivity contribution < 1.29 is 48.4 Å². The van der Waals surface area contributed by atoms with Gasteiger partial charge in [-0.2, -0.15) is 5.06 Å². The van der Waals surface area contributed by atoms with Gasteiger partial charge in [0.1, 0.15) is 42.5 Å². The van der Waals surface area contributed by atoms with Crippen LogP contribution in [0.25, 0.3) is 6.08 Å². The Morgan fingerprint density at radius 2 is 1.77 bits per heavy atom. The molecule has 4 aliphatic heterocycles. The molecule has 8 rings (SSSR count). The van der Waals surface area contributed by atoms with Crippen molar-refractivity contribution >= 4 is 23.9 Å². The molecule has 0 radical (unpaired) electrons. The summed E-state index contributed by atoms with van der Waals surface area (Å²) in [6, 6.07) is 5.94. The van der Waals surface area contributed by atoms with Gasteiger partial charge in [-0.05, 0) is 55.7 Å². The average molecular weight is 654 g/mol. The largest absolute Gasteiger partial charge is 0.499 e. The minimum absolute atomic E-state index is 0.0648. The Hall–Kier alpha value is -3.07. The molecule has 7 atom stereocenters. The van der Waals surface area contributed by atoms with Crippen molar-refractivity contribution in [2.24, 2.45) is 17.3 Å². The number of aliphatic hydroxyl groups is 2. The molecule has 47 heavy (non-hydrogen) atoms. The van der Waals surface area contributed by atoms with Crippen molar-refractivity contribution in [1.82, 2.24) is 15.3 Å². The average Bonchev–Trinajstić information content (AvgIpc) is 4.00. The predicted molar refractivity (Wildman–Crippen MR) is 162 cm³/mol. The van der Waals surface area contributed by atoms with E-state index in [9.17, 15) is 14.7 Å². The molecule has 2 bridgehead atoms. The van der Waals surface area contributed by atoms with E-state index in [0.29, 0.717) is 19.4 Å². The van der Waals surface area contributed by atoms with Crippen molar-refractivity contribution in [2.75, 3.05) is 32.9 Å². The topological polar surface area (TPSA) is 156 Å². The molecule has 254 valence electrons.